The third-order valence-corrected chi connectivity index (χ3v) is 3.54. The molecular formula is C11H18N6O2. The Hall–Kier alpha value is -2.12. The zero-order valence-corrected chi connectivity index (χ0v) is 10.8. The number of oxime groups is 1. The topological polar surface area (TPSA) is 129 Å². The summed E-state index contributed by atoms with van der Waals surface area (Å²) in [6, 6.07) is 0. The minimum absolute atomic E-state index is 0.0113. The van der Waals surface area contributed by atoms with Crippen LogP contribution in [0.1, 0.15) is 25.6 Å². The van der Waals surface area contributed by atoms with Gasteiger partial charge >= 0.3 is 0 Å². The Balaban J connectivity index is 1.90. The molecule has 5 N–H and O–H groups in total. The number of amides is 1. The molecule has 0 aromatic carbocycles. The van der Waals surface area contributed by atoms with Crippen molar-refractivity contribution in [2.45, 2.75) is 26.2 Å². The van der Waals surface area contributed by atoms with Gasteiger partial charge in [0.15, 0.2) is 5.84 Å². The van der Waals surface area contributed by atoms with Crippen LogP contribution in [0.3, 0.4) is 0 Å². The van der Waals surface area contributed by atoms with Crippen molar-refractivity contribution in [2.24, 2.45) is 22.2 Å². The first kappa shape index (κ1) is 13.3. The molecule has 19 heavy (non-hydrogen) atoms. The van der Waals surface area contributed by atoms with E-state index in [-0.39, 0.29) is 11.7 Å². The summed E-state index contributed by atoms with van der Waals surface area (Å²) >= 11 is 0. The van der Waals surface area contributed by atoms with Gasteiger partial charge in [-0.15, -0.1) is 0 Å². The maximum atomic E-state index is 12.2. The maximum absolute atomic E-state index is 12.2. The van der Waals surface area contributed by atoms with Crippen LogP contribution in [0, 0.1) is 11.3 Å². The summed E-state index contributed by atoms with van der Waals surface area (Å²) in [4.78, 5) is 16.2. The molecule has 0 bridgehead atoms. The third-order valence-electron chi connectivity index (χ3n) is 3.54. The maximum Gasteiger partial charge on any atom is 0.233 e. The minimum atomic E-state index is -0.852. The van der Waals surface area contributed by atoms with E-state index in [0.29, 0.717) is 37.5 Å². The molecule has 8 heteroatoms. The Morgan fingerprint density at radius 1 is 1.74 bits per heavy atom. The van der Waals surface area contributed by atoms with E-state index in [2.05, 4.69) is 25.7 Å². The highest BCUT2D eigenvalue weighted by Crippen LogP contribution is 2.45. The van der Waals surface area contributed by atoms with Crippen LogP contribution in [0.25, 0.3) is 0 Å². The summed E-state index contributed by atoms with van der Waals surface area (Å²) in [5, 5.41) is 21.1. The predicted molar refractivity (Wildman–Crippen MR) is 67.3 cm³/mol. The van der Waals surface area contributed by atoms with Gasteiger partial charge in [0.1, 0.15) is 17.6 Å². The van der Waals surface area contributed by atoms with Crippen molar-refractivity contribution in [2.75, 3.05) is 6.54 Å². The second-order valence-electron chi connectivity index (χ2n) is 5.02. The molecule has 1 aromatic rings. The van der Waals surface area contributed by atoms with Gasteiger partial charge in [-0.05, 0) is 18.8 Å². The molecule has 104 valence electrons. The van der Waals surface area contributed by atoms with E-state index in [0.717, 1.165) is 0 Å². The molecule has 0 aliphatic heterocycles. The molecule has 0 radical (unpaired) electrons. The molecule has 1 fully saturated rings. The molecule has 0 atom stereocenters. The van der Waals surface area contributed by atoms with Crippen molar-refractivity contribution >= 4 is 11.7 Å². The normalized spacial score (nSPS) is 26.8. The molecule has 1 amide bonds. The van der Waals surface area contributed by atoms with Crippen molar-refractivity contribution in [3.63, 3.8) is 0 Å². The molecule has 1 saturated carbocycles. The molecule has 0 spiro atoms. The first-order valence-corrected chi connectivity index (χ1v) is 6.19. The Bertz CT molecular complexity index is 464. The lowest BCUT2D eigenvalue weighted by Crippen LogP contribution is -2.57. The fourth-order valence-corrected chi connectivity index (χ4v) is 2.55. The predicted octanol–water partition coefficient (Wildman–Crippen LogP) is -0.374. The van der Waals surface area contributed by atoms with Crippen molar-refractivity contribution in [1.29, 1.82) is 0 Å². The SMILES string of the molecule is CC1CC(C(=O)NCCc2ncn[nH]2)(C(N)=NO)C1. The van der Waals surface area contributed by atoms with Crippen LogP contribution in [0.15, 0.2) is 11.5 Å². The number of hydrogen-bond donors (Lipinski definition) is 4. The molecule has 2 rings (SSSR count). The van der Waals surface area contributed by atoms with Gasteiger partial charge in [-0.3, -0.25) is 9.89 Å². The van der Waals surface area contributed by atoms with E-state index >= 15 is 0 Å². The van der Waals surface area contributed by atoms with Gasteiger partial charge in [0.25, 0.3) is 0 Å². The number of H-pyrrole nitrogens is 1. The Morgan fingerprint density at radius 2 is 2.47 bits per heavy atom. The summed E-state index contributed by atoms with van der Waals surface area (Å²) in [5.41, 5.74) is 4.80. The van der Waals surface area contributed by atoms with Crippen LogP contribution < -0.4 is 11.1 Å². The second kappa shape index (κ2) is 5.25. The van der Waals surface area contributed by atoms with Gasteiger partial charge in [0, 0.05) is 13.0 Å². The van der Waals surface area contributed by atoms with Crippen molar-refractivity contribution in [3.8, 4) is 0 Å². The lowest BCUT2D eigenvalue weighted by molar-refractivity contribution is -0.133. The van der Waals surface area contributed by atoms with E-state index < -0.39 is 5.41 Å². The average Bonchev–Trinajstić information content (AvgIpc) is 2.86. The number of aromatic amines is 1. The summed E-state index contributed by atoms with van der Waals surface area (Å²) in [7, 11) is 0. The highest BCUT2D eigenvalue weighted by molar-refractivity contribution is 6.07. The number of carbonyl (C=O) groups is 1. The molecule has 1 aromatic heterocycles. The van der Waals surface area contributed by atoms with E-state index in [1.165, 1.54) is 6.33 Å². The van der Waals surface area contributed by atoms with E-state index in [1.54, 1.807) is 0 Å². The molecule has 0 saturated heterocycles. The van der Waals surface area contributed by atoms with Crippen LogP contribution in [0.5, 0.6) is 0 Å². The standard InChI is InChI=1S/C11H18N6O2/c1-7-4-11(5-7,9(12)17-19)10(18)13-3-2-8-14-6-15-16-8/h6-7,19H,2-5H2,1H3,(H2,12,17)(H,13,18)(H,14,15,16). The summed E-state index contributed by atoms with van der Waals surface area (Å²) in [5.74, 6) is 0.906. The number of hydrogen-bond acceptors (Lipinski definition) is 5. The summed E-state index contributed by atoms with van der Waals surface area (Å²) in [6.07, 6.45) is 3.20. The smallest absolute Gasteiger partial charge is 0.233 e. The quantitative estimate of drug-likeness (QED) is 0.250. The number of nitrogens with zero attached hydrogens (tertiary/aromatic N) is 3. The van der Waals surface area contributed by atoms with Gasteiger partial charge in [0.2, 0.25) is 5.91 Å². The van der Waals surface area contributed by atoms with Gasteiger partial charge < -0.3 is 16.3 Å². The number of nitrogens with two attached hydrogens (primary N) is 1. The van der Waals surface area contributed by atoms with E-state index in [9.17, 15) is 4.79 Å². The first-order chi connectivity index (χ1) is 9.08. The Morgan fingerprint density at radius 3 is 3.00 bits per heavy atom. The van der Waals surface area contributed by atoms with Crippen molar-refractivity contribution in [3.05, 3.63) is 12.2 Å². The fraction of sp³-hybridized carbons (Fsp3) is 0.636. The Kier molecular flexibility index (Phi) is 3.68. The zero-order chi connectivity index (χ0) is 13.9. The number of nitrogens with one attached hydrogen (secondary N) is 2. The fourth-order valence-electron chi connectivity index (χ4n) is 2.55. The van der Waals surface area contributed by atoms with Crippen molar-refractivity contribution < 1.29 is 10.0 Å². The number of rotatable bonds is 5. The molecule has 0 unspecified atom stereocenters. The van der Waals surface area contributed by atoms with Gasteiger partial charge in [-0.1, -0.05) is 12.1 Å². The van der Waals surface area contributed by atoms with Gasteiger partial charge in [-0.2, -0.15) is 5.10 Å². The monoisotopic (exact) mass is 266 g/mol. The first-order valence-electron chi connectivity index (χ1n) is 6.19. The highest BCUT2D eigenvalue weighted by Gasteiger charge is 2.51. The second-order valence-corrected chi connectivity index (χ2v) is 5.02. The molecule has 8 nitrogen and oxygen atoms in total. The van der Waals surface area contributed by atoms with Crippen molar-refractivity contribution in [1.82, 2.24) is 20.5 Å². The number of carbonyl (C=O) groups excluding carboxylic acids is 1. The van der Waals surface area contributed by atoms with Gasteiger partial charge in [0.05, 0.1) is 0 Å². The lowest BCUT2D eigenvalue weighted by atomic mass is 9.61. The molecule has 1 aliphatic carbocycles. The summed E-state index contributed by atoms with van der Waals surface area (Å²) in [6.45, 7) is 2.47. The minimum Gasteiger partial charge on any atom is -0.409 e. The Labute approximate surface area is 110 Å². The van der Waals surface area contributed by atoms with Crippen LogP contribution in [0.2, 0.25) is 0 Å². The molecular weight excluding hydrogens is 248 g/mol. The third kappa shape index (κ3) is 2.51. The van der Waals surface area contributed by atoms with E-state index in [1.807, 2.05) is 6.92 Å². The van der Waals surface area contributed by atoms with Crippen LogP contribution in [-0.2, 0) is 11.2 Å². The zero-order valence-electron chi connectivity index (χ0n) is 10.8. The largest absolute Gasteiger partial charge is 0.409 e. The lowest BCUT2D eigenvalue weighted by Gasteiger charge is -2.43. The van der Waals surface area contributed by atoms with Gasteiger partial charge in [-0.25, -0.2) is 4.98 Å². The molecule has 1 heterocycles. The van der Waals surface area contributed by atoms with Crippen LogP contribution in [-0.4, -0.2) is 38.7 Å². The highest BCUT2D eigenvalue weighted by atomic mass is 16.4. The van der Waals surface area contributed by atoms with Crippen LogP contribution in [0.4, 0.5) is 0 Å². The number of amidine groups is 1. The van der Waals surface area contributed by atoms with E-state index in [4.69, 9.17) is 10.9 Å². The summed E-state index contributed by atoms with van der Waals surface area (Å²) < 4.78 is 0. The van der Waals surface area contributed by atoms with Crippen LogP contribution >= 0.6 is 0 Å². The number of aromatic nitrogens is 3. The molecule has 1 aliphatic rings. The average molecular weight is 266 g/mol.